The Kier molecular flexibility index (Phi) is 8.21. The molecular weight excluding hydrogens is 518 g/mol. The molecule has 2 N–H and O–H groups in total. The number of ether oxygens (including phenoxy) is 5. The molecule has 12 heteroatoms. The number of sulfone groups is 1. The average Bonchev–Trinajstić information content (AvgIpc) is 3.36. The van der Waals surface area contributed by atoms with Crippen LogP contribution in [-0.2, 0) is 43.1 Å². The molecule has 1 amide bonds. The summed E-state index contributed by atoms with van der Waals surface area (Å²) in [5.41, 5.74) is 1.12. The van der Waals surface area contributed by atoms with Crippen molar-refractivity contribution in [3.8, 4) is 0 Å². The number of nitrogens with one attached hydrogen (secondary N) is 1. The van der Waals surface area contributed by atoms with E-state index in [1.54, 1.807) is 44.2 Å². The number of aliphatic hydroxyl groups excluding tert-OH is 1. The summed E-state index contributed by atoms with van der Waals surface area (Å²) >= 11 is 0. The van der Waals surface area contributed by atoms with Crippen LogP contribution in [0, 0.1) is 6.92 Å². The summed E-state index contributed by atoms with van der Waals surface area (Å²) < 4.78 is 54.0. The number of aryl methyl sites for hydroxylation is 1. The first kappa shape index (κ1) is 28.1. The normalized spacial score (nSPS) is 25.8. The van der Waals surface area contributed by atoms with E-state index in [1.165, 1.54) is 31.4 Å². The molecule has 0 aliphatic carbocycles. The fraction of sp³-hybridized carbons (Fsp3) is 0.462. The van der Waals surface area contributed by atoms with E-state index in [4.69, 9.17) is 23.7 Å². The first-order valence-corrected chi connectivity index (χ1v) is 13.6. The fourth-order valence-corrected chi connectivity index (χ4v) is 5.39. The van der Waals surface area contributed by atoms with E-state index in [2.05, 4.69) is 5.32 Å². The van der Waals surface area contributed by atoms with Crippen LogP contribution in [0.15, 0.2) is 59.5 Å². The molecule has 2 heterocycles. The number of aliphatic hydroxyl groups is 1. The zero-order valence-electron chi connectivity index (χ0n) is 21.4. The molecule has 0 saturated carbocycles. The predicted molar refractivity (Wildman–Crippen MR) is 132 cm³/mol. The van der Waals surface area contributed by atoms with Crippen molar-refractivity contribution in [3.05, 3.63) is 65.7 Å². The highest BCUT2D eigenvalue weighted by atomic mass is 32.2. The number of carbonyl (C=O) groups is 2. The molecule has 2 aliphatic rings. The van der Waals surface area contributed by atoms with Crippen LogP contribution in [0.25, 0.3) is 0 Å². The number of carbonyl (C=O) groups excluding carboxylic acids is 2. The standard InChI is InChI=1S/C26H31NO10S/c1-15-10-12-17(13-11-15)38(31,32)14-27-23(29)21(34-24(30)18(28)16-8-6-5-7-9-16)20-19(33-4)22-25(35-20)37-26(2,3)36-22/h5-13,18-22,25,28H,14H2,1-4H3,(H,27,29)/t18-,19-,20+,21?,22+,25+/m0/s1. The summed E-state index contributed by atoms with van der Waals surface area (Å²) in [6.07, 6.45) is -7.20. The van der Waals surface area contributed by atoms with Gasteiger partial charge < -0.3 is 34.1 Å². The third-order valence-corrected chi connectivity index (χ3v) is 7.77. The number of esters is 1. The second-order valence-electron chi connectivity index (χ2n) is 9.55. The number of amides is 1. The molecule has 6 atom stereocenters. The van der Waals surface area contributed by atoms with Gasteiger partial charge in [-0.15, -0.1) is 0 Å². The van der Waals surface area contributed by atoms with Gasteiger partial charge in [-0.3, -0.25) is 4.79 Å². The number of fused-ring (bicyclic) bond motifs is 1. The largest absolute Gasteiger partial charge is 0.447 e. The van der Waals surface area contributed by atoms with E-state index in [9.17, 15) is 23.1 Å². The van der Waals surface area contributed by atoms with Gasteiger partial charge in [0, 0.05) is 7.11 Å². The average molecular weight is 550 g/mol. The molecule has 0 radical (unpaired) electrons. The molecule has 11 nitrogen and oxygen atoms in total. The molecule has 2 aromatic carbocycles. The summed E-state index contributed by atoms with van der Waals surface area (Å²) in [4.78, 5) is 26.2. The SMILES string of the molecule is CO[C@@H]1[C@H]2OC(C)(C)O[C@H]2O[C@H]1C(OC(=O)[C@@H](O)c1ccccc1)C(=O)NCS(=O)(=O)c1ccc(C)cc1. The van der Waals surface area contributed by atoms with E-state index in [0.29, 0.717) is 0 Å². The van der Waals surface area contributed by atoms with Crippen molar-refractivity contribution in [2.45, 2.75) is 68.3 Å². The molecule has 0 spiro atoms. The van der Waals surface area contributed by atoms with Crippen LogP contribution in [0.4, 0.5) is 0 Å². The van der Waals surface area contributed by atoms with Gasteiger partial charge in [-0.1, -0.05) is 48.0 Å². The van der Waals surface area contributed by atoms with Gasteiger partial charge in [-0.05, 0) is 38.5 Å². The lowest BCUT2D eigenvalue weighted by Crippen LogP contribution is -2.52. The fourth-order valence-electron chi connectivity index (χ4n) is 4.34. The molecular formula is C26H31NO10S. The molecule has 2 aliphatic heterocycles. The zero-order valence-corrected chi connectivity index (χ0v) is 22.2. The molecule has 1 unspecified atom stereocenters. The number of benzene rings is 2. The van der Waals surface area contributed by atoms with E-state index < -0.39 is 70.2 Å². The number of methoxy groups -OCH3 is 1. The Labute approximate surface area is 220 Å². The maximum absolute atomic E-state index is 13.3. The summed E-state index contributed by atoms with van der Waals surface area (Å²) in [5, 5.41) is 12.8. The topological polar surface area (TPSA) is 147 Å². The van der Waals surface area contributed by atoms with Crippen molar-refractivity contribution in [2.24, 2.45) is 0 Å². The van der Waals surface area contributed by atoms with Crippen molar-refractivity contribution in [1.29, 1.82) is 0 Å². The summed E-state index contributed by atoms with van der Waals surface area (Å²) in [7, 11) is -2.54. The molecule has 2 fully saturated rings. The number of hydrogen-bond acceptors (Lipinski definition) is 10. The zero-order chi connectivity index (χ0) is 27.7. The van der Waals surface area contributed by atoms with Gasteiger partial charge in [0.05, 0.1) is 4.90 Å². The maximum Gasteiger partial charge on any atom is 0.340 e. The Balaban J connectivity index is 1.55. The van der Waals surface area contributed by atoms with Gasteiger partial charge in [0.25, 0.3) is 5.91 Å². The highest BCUT2D eigenvalue weighted by Gasteiger charge is 2.59. The van der Waals surface area contributed by atoms with Gasteiger partial charge in [0.2, 0.25) is 6.10 Å². The van der Waals surface area contributed by atoms with Crippen LogP contribution in [0.2, 0.25) is 0 Å². The van der Waals surface area contributed by atoms with E-state index in [-0.39, 0.29) is 10.5 Å². The third-order valence-electron chi connectivity index (χ3n) is 6.25. The Hall–Kier alpha value is -2.87. The summed E-state index contributed by atoms with van der Waals surface area (Å²) in [5.74, 6) is -3.82. The smallest absolute Gasteiger partial charge is 0.340 e. The number of rotatable bonds is 9. The summed E-state index contributed by atoms with van der Waals surface area (Å²) in [6, 6.07) is 14.2. The minimum Gasteiger partial charge on any atom is -0.447 e. The van der Waals surface area contributed by atoms with Gasteiger partial charge in [0.15, 0.2) is 28.0 Å². The van der Waals surface area contributed by atoms with Crippen LogP contribution in [0.1, 0.15) is 31.1 Å². The Morgan fingerprint density at radius 1 is 1.08 bits per heavy atom. The van der Waals surface area contributed by atoms with E-state index in [0.717, 1.165) is 5.56 Å². The van der Waals surface area contributed by atoms with Crippen molar-refractivity contribution in [3.63, 3.8) is 0 Å². The molecule has 2 saturated heterocycles. The lowest BCUT2D eigenvalue weighted by molar-refractivity contribution is -0.230. The number of hydrogen-bond donors (Lipinski definition) is 2. The van der Waals surface area contributed by atoms with Gasteiger partial charge >= 0.3 is 5.97 Å². The Morgan fingerprint density at radius 2 is 1.74 bits per heavy atom. The monoisotopic (exact) mass is 549 g/mol. The Morgan fingerprint density at radius 3 is 2.37 bits per heavy atom. The summed E-state index contributed by atoms with van der Waals surface area (Å²) in [6.45, 7) is 5.19. The molecule has 206 valence electrons. The van der Waals surface area contributed by atoms with Crippen LogP contribution < -0.4 is 5.32 Å². The predicted octanol–water partition coefficient (Wildman–Crippen LogP) is 1.38. The minimum absolute atomic E-state index is 0.0156. The highest BCUT2D eigenvalue weighted by molar-refractivity contribution is 7.91. The minimum atomic E-state index is -3.91. The Bertz CT molecular complexity index is 1250. The maximum atomic E-state index is 13.3. The van der Waals surface area contributed by atoms with E-state index >= 15 is 0 Å². The molecule has 38 heavy (non-hydrogen) atoms. The molecule has 0 bridgehead atoms. The van der Waals surface area contributed by atoms with Crippen LogP contribution in [0.3, 0.4) is 0 Å². The van der Waals surface area contributed by atoms with Gasteiger partial charge in [0.1, 0.15) is 24.2 Å². The lowest BCUT2D eigenvalue weighted by Gasteiger charge is -2.29. The van der Waals surface area contributed by atoms with Gasteiger partial charge in [-0.2, -0.15) is 0 Å². The quantitative estimate of drug-likeness (QED) is 0.440. The third kappa shape index (κ3) is 6.06. The van der Waals surface area contributed by atoms with Crippen molar-refractivity contribution >= 4 is 21.7 Å². The molecule has 4 rings (SSSR count). The first-order chi connectivity index (χ1) is 17.9. The van der Waals surface area contributed by atoms with Crippen molar-refractivity contribution < 1.29 is 46.8 Å². The molecule has 0 aromatic heterocycles. The second-order valence-corrected chi connectivity index (χ2v) is 11.5. The first-order valence-electron chi connectivity index (χ1n) is 12.0. The van der Waals surface area contributed by atoms with Crippen LogP contribution in [-0.4, -0.2) is 74.9 Å². The molecule has 2 aromatic rings. The highest BCUT2D eigenvalue weighted by Crippen LogP contribution is 2.40. The second kappa shape index (κ2) is 11.1. The van der Waals surface area contributed by atoms with E-state index in [1.807, 2.05) is 6.92 Å². The van der Waals surface area contributed by atoms with Crippen molar-refractivity contribution in [1.82, 2.24) is 5.32 Å². The van der Waals surface area contributed by atoms with Gasteiger partial charge in [-0.25, -0.2) is 13.2 Å². The van der Waals surface area contributed by atoms with Crippen molar-refractivity contribution in [2.75, 3.05) is 13.0 Å². The lowest BCUT2D eigenvalue weighted by atomic mass is 10.0. The van der Waals surface area contributed by atoms with Crippen LogP contribution in [0.5, 0.6) is 0 Å². The van der Waals surface area contributed by atoms with Crippen LogP contribution >= 0.6 is 0 Å².